The van der Waals surface area contributed by atoms with Gasteiger partial charge in [-0.3, -0.25) is 4.79 Å². The van der Waals surface area contributed by atoms with Gasteiger partial charge in [-0.1, -0.05) is 30.3 Å². The molecule has 1 aliphatic carbocycles. The summed E-state index contributed by atoms with van der Waals surface area (Å²) < 4.78 is 87.6. The highest BCUT2D eigenvalue weighted by molar-refractivity contribution is 5.85. The van der Waals surface area contributed by atoms with E-state index in [1.54, 1.807) is 35.6 Å². The Hall–Kier alpha value is -1.80. The third kappa shape index (κ3) is 2.76. The smallest absolute Gasteiger partial charge is 0.347 e. The maximum Gasteiger partial charge on any atom is 0.460 e. The average Bonchev–Trinajstić information content (AvgIpc) is 3.17. The zero-order valence-corrected chi connectivity index (χ0v) is 10.8. The second kappa shape index (κ2) is 5.13. The maximum atomic E-state index is 13.1. The van der Waals surface area contributed by atoms with Crippen molar-refractivity contribution in [2.24, 2.45) is 0 Å². The molecule has 2 atom stereocenters. The van der Waals surface area contributed by atoms with Gasteiger partial charge in [0, 0.05) is 12.0 Å². The van der Waals surface area contributed by atoms with Crippen LogP contribution in [0.25, 0.3) is 0 Å². The number of hydrogen-bond donors (Lipinski definition) is 1. The molecule has 1 aliphatic rings. The number of rotatable bonds is 4. The lowest BCUT2D eigenvalue weighted by Gasteiger charge is -2.27. The molecule has 122 valence electrons. The molecule has 0 heterocycles. The van der Waals surface area contributed by atoms with Gasteiger partial charge in [-0.2, -0.15) is 30.7 Å². The monoisotopic (exact) mass is 329 g/mol. The summed E-state index contributed by atoms with van der Waals surface area (Å²) in [6.45, 7) is 0. The molecule has 2 nitrogen and oxygen atoms in total. The number of hydrogen-bond acceptors (Lipinski definition) is 1. The van der Waals surface area contributed by atoms with Crippen molar-refractivity contribution in [2.45, 2.75) is 36.4 Å². The van der Waals surface area contributed by atoms with E-state index in [2.05, 4.69) is 0 Å². The van der Waals surface area contributed by atoms with Gasteiger partial charge in [-0.25, -0.2) is 0 Å². The van der Waals surface area contributed by atoms with E-state index in [-0.39, 0.29) is 12.3 Å². The topological polar surface area (TPSA) is 29.1 Å². The molecule has 1 aromatic carbocycles. The second-order valence-corrected chi connectivity index (χ2v) is 4.98. The molecule has 9 heteroatoms. The maximum absolute atomic E-state index is 13.1. The van der Waals surface area contributed by atoms with Crippen LogP contribution in [0.1, 0.15) is 17.9 Å². The second-order valence-electron chi connectivity index (χ2n) is 4.98. The van der Waals surface area contributed by atoms with E-state index in [0.29, 0.717) is 5.56 Å². The molecule has 0 bridgehead atoms. The molecule has 0 unspecified atom stereocenters. The van der Waals surface area contributed by atoms with Crippen molar-refractivity contribution in [1.82, 2.24) is 5.32 Å². The third-order valence-electron chi connectivity index (χ3n) is 3.37. The largest absolute Gasteiger partial charge is 0.460 e. The molecule has 1 saturated carbocycles. The molecular weight excluding hydrogens is 319 g/mol. The van der Waals surface area contributed by atoms with E-state index in [4.69, 9.17) is 0 Å². The quantitative estimate of drug-likeness (QED) is 0.842. The first-order valence-corrected chi connectivity index (χ1v) is 6.16. The summed E-state index contributed by atoms with van der Waals surface area (Å²) in [4.78, 5) is 11.1. The molecule has 0 spiro atoms. The zero-order valence-electron chi connectivity index (χ0n) is 10.8. The van der Waals surface area contributed by atoms with E-state index in [9.17, 15) is 35.5 Å². The molecule has 1 aromatic rings. The van der Waals surface area contributed by atoms with Gasteiger partial charge in [0.25, 0.3) is 5.91 Å². The Morgan fingerprint density at radius 2 is 1.55 bits per heavy atom. The Kier molecular flexibility index (Phi) is 3.87. The first-order chi connectivity index (χ1) is 9.98. The van der Waals surface area contributed by atoms with Crippen molar-refractivity contribution in [3.05, 3.63) is 35.9 Å². The summed E-state index contributed by atoms with van der Waals surface area (Å²) in [6.07, 6.45) is -6.32. The van der Waals surface area contributed by atoms with Crippen LogP contribution in [0.5, 0.6) is 0 Å². The van der Waals surface area contributed by atoms with Gasteiger partial charge >= 0.3 is 18.0 Å². The fourth-order valence-electron chi connectivity index (χ4n) is 2.00. The minimum absolute atomic E-state index is 0.198. The Morgan fingerprint density at radius 1 is 1.00 bits per heavy atom. The van der Waals surface area contributed by atoms with Crippen molar-refractivity contribution < 1.29 is 35.5 Å². The highest BCUT2D eigenvalue weighted by Crippen LogP contribution is 2.47. The van der Waals surface area contributed by atoms with Crippen LogP contribution in [0, 0.1) is 0 Å². The fraction of sp³-hybridized carbons (Fsp3) is 0.462. The lowest BCUT2D eigenvalue weighted by atomic mass is 10.1. The molecule has 1 amide bonds. The lowest BCUT2D eigenvalue weighted by Crippen LogP contribution is -2.59. The van der Waals surface area contributed by atoms with E-state index in [1.807, 2.05) is 0 Å². The number of benzene rings is 1. The highest BCUT2D eigenvalue weighted by Gasteiger charge is 2.76. The predicted octanol–water partition coefficient (Wildman–Crippen LogP) is 3.49. The number of amides is 1. The summed E-state index contributed by atoms with van der Waals surface area (Å²) in [5, 5.41) is 1.55. The number of halogens is 7. The number of alkyl halides is 7. The molecule has 0 saturated heterocycles. The Labute approximate surface area is 120 Å². The normalized spacial score (nSPS) is 22.3. The molecule has 2 rings (SSSR count). The molecule has 22 heavy (non-hydrogen) atoms. The summed E-state index contributed by atoms with van der Waals surface area (Å²) >= 11 is 0. The van der Waals surface area contributed by atoms with Gasteiger partial charge in [0.15, 0.2) is 0 Å². The van der Waals surface area contributed by atoms with Crippen molar-refractivity contribution in [3.8, 4) is 0 Å². The Bertz CT molecular complexity index is 555. The van der Waals surface area contributed by atoms with Crippen molar-refractivity contribution in [1.29, 1.82) is 0 Å². The predicted molar refractivity (Wildman–Crippen MR) is 61.7 cm³/mol. The van der Waals surface area contributed by atoms with Gasteiger partial charge < -0.3 is 5.32 Å². The third-order valence-corrected chi connectivity index (χ3v) is 3.37. The number of carbonyl (C=O) groups is 1. The zero-order chi connectivity index (χ0) is 16.8. The van der Waals surface area contributed by atoms with Crippen molar-refractivity contribution in [3.63, 3.8) is 0 Å². The SMILES string of the molecule is O=C(N[C@H]1C[C@@H]1c1ccccc1)C(F)(F)C(F)(F)C(F)(F)F. The summed E-state index contributed by atoms with van der Waals surface area (Å²) in [5.41, 5.74) is 0.679. The molecule has 1 N–H and O–H groups in total. The molecule has 1 fully saturated rings. The van der Waals surface area contributed by atoms with Crippen LogP contribution < -0.4 is 5.32 Å². The summed E-state index contributed by atoms with van der Waals surface area (Å²) in [6, 6.07) is 7.39. The van der Waals surface area contributed by atoms with Crippen LogP contribution >= 0.6 is 0 Å². The molecule has 0 aliphatic heterocycles. The molecule has 0 aromatic heterocycles. The van der Waals surface area contributed by atoms with Crippen LogP contribution in [0.4, 0.5) is 30.7 Å². The van der Waals surface area contributed by atoms with Gasteiger partial charge in [-0.15, -0.1) is 0 Å². The Morgan fingerprint density at radius 3 is 2.05 bits per heavy atom. The standard InChI is InChI=1S/C13H10F7NO/c14-11(15,12(16,17)13(18,19)20)10(22)21-9-6-8(9)7-4-2-1-3-5-7/h1-5,8-9H,6H2,(H,21,22)/t8-,9+/m1/s1. The van der Waals surface area contributed by atoms with Gasteiger partial charge in [0.05, 0.1) is 0 Å². The van der Waals surface area contributed by atoms with E-state index in [0.717, 1.165) is 0 Å². The van der Waals surface area contributed by atoms with Gasteiger partial charge in [-0.05, 0) is 12.0 Å². The molecule has 0 radical (unpaired) electrons. The van der Waals surface area contributed by atoms with Crippen LogP contribution in [0.15, 0.2) is 30.3 Å². The van der Waals surface area contributed by atoms with E-state index in [1.165, 1.54) is 0 Å². The van der Waals surface area contributed by atoms with Gasteiger partial charge in [0.1, 0.15) is 0 Å². The van der Waals surface area contributed by atoms with Crippen LogP contribution in [-0.4, -0.2) is 30.0 Å². The number of nitrogens with one attached hydrogen (secondary N) is 1. The van der Waals surface area contributed by atoms with E-state index < -0.39 is 30.0 Å². The summed E-state index contributed by atoms with van der Waals surface area (Å²) in [5.74, 6) is -15.3. The van der Waals surface area contributed by atoms with E-state index >= 15 is 0 Å². The lowest BCUT2D eigenvalue weighted by molar-refractivity contribution is -0.344. The fourth-order valence-corrected chi connectivity index (χ4v) is 2.00. The number of carbonyl (C=O) groups excluding carboxylic acids is 1. The average molecular weight is 329 g/mol. The van der Waals surface area contributed by atoms with Crippen LogP contribution in [0.2, 0.25) is 0 Å². The van der Waals surface area contributed by atoms with Gasteiger partial charge in [0.2, 0.25) is 0 Å². The minimum atomic E-state index is -6.52. The summed E-state index contributed by atoms with van der Waals surface area (Å²) in [7, 11) is 0. The first kappa shape index (κ1) is 16.6. The molecular formula is C13H10F7NO. The Balaban J connectivity index is 2.04. The highest BCUT2D eigenvalue weighted by atomic mass is 19.4. The van der Waals surface area contributed by atoms with Crippen LogP contribution in [0.3, 0.4) is 0 Å². The first-order valence-electron chi connectivity index (χ1n) is 6.16. The van der Waals surface area contributed by atoms with Crippen LogP contribution in [-0.2, 0) is 4.79 Å². The minimum Gasteiger partial charge on any atom is -0.347 e. The van der Waals surface area contributed by atoms with Crippen molar-refractivity contribution >= 4 is 5.91 Å². The van der Waals surface area contributed by atoms with Crippen molar-refractivity contribution in [2.75, 3.05) is 0 Å².